The molecule has 5 heteroatoms. The Hall–Kier alpha value is -1.88. The Bertz CT molecular complexity index is 467. The summed E-state index contributed by atoms with van der Waals surface area (Å²) in [7, 11) is 0. The first kappa shape index (κ1) is 16.2. The topological polar surface area (TPSA) is 70.2 Å². The van der Waals surface area contributed by atoms with Crippen molar-refractivity contribution in [2.45, 2.75) is 39.7 Å². The molecule has 0 aliphatic carbocycles. The molecule has 1 rings (SSSR count). The van der Waals surface area contributed by atoms with Crippen LogP contribution >= 0.6 is 0 Å². The molecule has 20 heavy (non-hydrogen) atoms. The summed E-state index contributed by atoms with van der Waals surface area (Å²) in [4.78, 5) is 22.7. The Morgan fingerprint density at radius 1 is 1.05 bits per heavy atom. The smallest absolute Gasteiger partial charge is 0.238 e. The fourth-order valence-electron chi connectivity index (χ4n) is 1.49. The summed E-state index contributed by atoms with van der Waals surface area (Å²) >= 11 is 0. The third-order valence-corrected chi connectivity index (χ3v) is 3.10. The van der Waals surface area contributed by atoms with Crippen LogP contribution in [0, 0.1) is 0 Å². The highest BCUT2D eigenvalue weighted by atomic mass is 16.2. The van der Waals surface area contributed by atoms with Crippen molar-refractivity contribution in [3.63, 3.8) is 0 Å². The van der Waals surface area contributed by atoms with E-state index in [4.69, 9.17) is 0 Å². The van der Waals surface area contributed by atoms with Gasteiger partial charge in [-0.2, -0.15) is 0 Å². The van der Waals surface area contributed by atoms with Crippen molar-refractivity contribution in [2.75, 3.05) is 17.2 Å². The largest absolute Gasteiger partial charge is 0.326 e. The second-order valence-electron chi connectivity index (χ2n) is 5.40. The van der Waals surface area contributed by atoms with E-state index in [1.165, 1.54) is 6.92 Å². The van der Waals surface area contributed by atoms with Gasteiger partial charge in [0.2, 0.25) is 11.8 Å². The van der Waals surface area contributed by atoms with E-state index in [9.17, 15) is 9.59 Å². The maximum atomic E-state index is 11.8. The van der Waals surface area contributed by atoms with Gasteiger partial charge in [-0.1, -0.05) is 6.92 Å². The zero-order chi connectivity index (χ0) is 15.2. The van der Waals surface area contributed by atoms with Crippen LogP contribution in [0.1, 0.15) is 34.1 Å². The molecule has 110 valence electrons. The molecule has 0 fully saturated rings. The fourth-order valence-corrected chi connectivity index (χ4v) is 1.49. The van der Waals surface area contributed by atoms with Crippen molar-refractivity contribution in [3.05, 3.63) is 24.3 Å². The third kappa shape index (κ3) is 5.84. The number of hydrogen-bond donors (Lipinski definition) is 3. The molecule has 0 saturated carbocycles. The molecule has 0 aliphatic rings. The zero-order valence-corrected chi connectivity index (χ0v) is 12.5. The van der Waals surface area contributed by atoms with E-state index < -0.39 is 0 Å². The highest BCUT2D eigenvalue weighted by Crippen LogP contribution is 2.13. The second-order valence-corrected chi connectivity index (χ2v) is 5.40. The molecule has 0 spiro atoms. The van der Waals surface area contributed by atoms with Crippen LogP contribution in [0.3, 0.4) is 0 Å². The van der Waals surface area contributed by atoms with Gasteiger partial charge in [-0.3, -0.25) is 9.59 Å². The van der Waals surface area contributed by atoms with E-state index in [0.717, 1.165) is 6.42 Å². The third-order valence-electron chi connectivity index (χ3n) is 3.10. The van der Waals surface area contributed by atoms with Crippen LogP contribution in [-0.4, -0.2) is 23.9 Å². The molecule has 0 aromatic heterocycles. The number of amides is 2. The molecule has 0 heterocycles. The molecule has 3 N–H and O–H groups in total. The molecule has 0 unspecified atom stereocenters. The normalized spacial score (nSPS) is 11.0. The Labute approximate surface area is 120 Å². The minimum absolute atomic E-state index is 0.0490. The number of rotatable bonds is 6. The summed E-state index contributed by atoms with van der Waals surface area (Å²) in [5, 5.41) is 8.68. The summed E-state index contributed by atoms with van der Waals surface area (Å²) in [6.07, 6.45) is 0.950. The van der Waals surface area contributed by atoms with Crippen LogP contribution in [0.5, 0.6) is 0 Å². The van der Waals surface area contributed by atoms with E-state index >= 15 is 0 Å². The van der Waals surface area contributed by atoms with Gasteiger partial charge in [-0.15, -0.1) is 0 Å². The zero-order valence-electron chi connectivity index (χ0n) is 12.5. The Balaban J connectivity index is 2.48. The fraction of sp³-hybridized carbons (Fsp3) is 0.467. The first-order chi connectivity index (χ1) is 9.32. The van der Waals surface area contributed by atoms with Crippen LogP contribution in [0.25, 0.3) is 0 Å². The predicted molar refractivity (Wildman–Crippen MR) is 81.7 cm³/mol. The molecule has 0 radical (unpaired) electrons. The monoisotopic (exact) mass is 277 g/mol. The van der Waals surface area contributed by atoms with E-state index in [1.807, 2.05) is 0 Å². The van der Waals surface area contributed by atoms with Crippen molar-refractivity contribution in [2.24, 2.45) is 0 Å². The van der Waals surface area contributed by atoms with Gasteiger partial charge >= 0.3 is 0 Å². The van der Waals surface area contributed by atoms with Gasteiger partial charge < -0.3 is 16.0 Å². The predicted octanol–water partition coefficient (Wildman–Crippen LogP) is 2.36. The number of benzene rings is 1. The van der Waals surface area contributed by atoms with E-state index in [2.05, 4.69) is 36.7 Å². The number of nitrogens with one attached hydrogen (secondary N) is 3. The molecule has 0 bridgehead atoms. The quantitative estimate of drug-likeness (QED) is 0.747. The summed E-state index contributed by atoms with van der Waals surface area (Å²) in [6, 6.07) is 7.02. The number of hydrogen-bond acceptors (Lipinski definition) is 3. The Kier molecular flexibility index (Phi) is 5.70. The lowest BCUT2D eigenvalue weighted by Crippen LogP contribution is -2.43. The van der Waals surface area contributed by atoms with Crippen LogP contribution in [0.4, 0.5) is 11.4 Å². The standard InChI is InChI=1S/C15H23N3O2/c1-5-15(3,4)16-10-14(20)18-13-8-6-12(7-9-13)17-11(2)19/h6-9,16H,5,10H2,1-4H3,(H,17,19)(H,18,20). The Morgan fingerprint density at radius 2 is 1.55 bits per heavy atom. The molecule has 0 saturated heterocycles. The van der Waals surface area contributed by atoms with Gasteiger partial charge in [0.15, 0.2) is 0 Å². The van der Waals surface area contributed by atoms with E-state index in [0.29, 0.717) is 11.4 Å². The minimum Gasteiger partial charge on any atom is -0.326 e. The molecular weight excluding hydrogens is 254 g/mol. The maximum absolute atomic E-state index is 11.8. The highest BCUT2D eigenvalue weighted by molar-refractivity contribution is 5.93. The van der Waals surface area contributed by atoms with Gasteiger partial charge in [-0.05, 0) is 44.5 Å². The molecule has 0 aliphatic heterocycles. The van der Waals surface area contributed by atoms with Crippen LogP contribution in [-0.2, 0) is 9.59 Å². The second kappa shape index (κ2) is 7.05. The lowest BCUT2D eigenvalue weighted by molar-refractivity contribution is -0.116. The van der Waals surface area contributed by atoms with Gasteiger partial charge in [0.05, 0.1) is 6.54 Å². The molecule has 5 nitrogen and oxygen atoms in total. The number of carbonyl (C=O) groups excluding carboxylic acids is 2. The van der Waals surface area contributed by atoms with E-state index in [-0.39, 0.29) is 23.9 Å². The van der Waals surface area contributed by atoms with Crippen molar-refractivity contribution in [3.8, 4) is 0 Å². The van der Waals surface area contributed by atoms with E-state index in [1.54, 1.807) is 24.3 Å². The van der Waals surface area contributed by atoms with Crippen molar-refractivity contribution in [1.29, 1.82) is 0 Å². The van der Waals surface area contributed by atoms with Crippen LogP contribution in [0.15, 0.2) is 24.3 Å². The van der Waals surface area contributed by atoms with Crippen molar-refractivity contribution >= 4 is 23.2 Å². The number of anilines is 2. The summed E-state index contributed by atoms with van der Waals surface area (Å²) in [6.45, 7) is 7.92. The molecule has 1 aromatic carbocycles. The first-order valence-electron chi connectivity index (χ1n) is 6.75. The highest BCUT2D eigenvalue weighted by Gasteiger charge is 2.15. The number of carbonyl (C=O) groups is 2. The van der Waals surface area contributed by atoms with Gasteiger partial charge in [0.25, 0.3) is 0 Å². The Morgan fingerprint density at radius 3 is 2.00 bits per heavy atom. The van der Waals surface area contributed by atoms with Gasteiger partial charge in [-0.25, -0.2) is 0 Å². The maximum Gasteiger partial charge on any atom is 0.238 e. The van der Waals surface area contributed by atoms with Crippen molar-refractivity contribution in [1.82, 2.24) is 5.32 Å². The minimum atomic E-state index is -0.118. The SMILES string of the molecule is CCC(C)(C)NCC(=O)Nc1ccc(NC(C)=O)cc1. The van der Waals surface area contributed by atoms with Crippen molar-refractivity contribution < 1.29 is 9.59 Å². The molecule has 0 atom stereocenters. The molecule has 2 amide bonds. The average Bonchev–Trinajstić information content (AvgIpc) is 2.38. The lowest BCUT2D eigenvalue weighted by atomic mass is 10.0. The summed E-state index contributed by atoms with van der Waals surface area (Å²) in [5.74, 6) is -0.202. The molecular formula is C15H23N3O2. The first-order valence-corrected chi connectivity index (χ1v) is 6.75. The van der Waals surface area contributed by atoms with Crippen LogP contribution < -0.4 is 16.0 Å². The summed E-state index contributed by atoms with van der Waals surface area (Å²) < 4.78 is 0. The van der Waals surface area contributed by atoms with Gasteiger partial charge in [0.1, 0.15) is 0 Å². The van der Waals surface area contributed by atoms with Gasteiger partial charge in [0, 0.05) is 23.8 Å². The molecule has 1 aromatic rings. The van der Waals surface area contributed by atoms with Crippen LogP contribution in [0.2, 0.25) is 0 Å². The summed E-state index contributed by atoms with van der Waals surface area (Å²) in [5.41, 5.74) is 1.37. The lowest BCUT2D eigenvalue weighted by Gasteiger charge is -2.24. The average molecular weight is 277 g/mol.